The molecule has 0 unspecified atom stereocenters. The molecule has 7 nitrogen and oxygen atoms in total. The van der Waals surface area contributed by atoms with E-state index >= 15 is 0 Å². The highest BCUT2D eigenvalue weighted by Gasteiger charge is 2.26. The van der Waals surface area contributed by atoms with Gasteiger partial charge in [0.25, 0.3) is 0 Å². The molecular weight excluding hydrogens is 346 g/mol. The Labute approximate surface area is 156 Å². The summed E-state index contributed by atoms with van der Waals surface area (Å²) in [5, 5.41) is 17.0. The zero-order valence-electron chi connectivity index (χ0n) is 15.0. The number of nitrogens with zero attached hydrogens (tertiary/aromatic N) is 7. The first-order chi connectivity index (χ1) is 12.8. The van der Waals surface area contributed by atoms with Crippen molar-refractivity contribution in [2.45, 2.75) is 38.6 Å². The molecule has 136 valence electrons. The topological polar surface area (TPSA) is 62.5 Å². The van der Waals surface area contributed by atoms with E-state index < -0.39 is 0 Å². The maximum Gasteiger partial charge on any atom is 0.178 e. The number of aryl methyl sites for hydroxylation is 1. The fourth-order valence-electron chi connectivity index (χ4n) is 3.82. The molecule has 0 N–H and O–H groups in total. The number of rotatable bonds is 4. The third-order valence-corrected chi connectivity index (χ3v) is 6.28. The van der Waals surface area contributed by atoms with E-state index in [1.54, 1.807) is 11.3 Å². The van der Waals surface area contributed by atoms with Crippen LogP contribution in [0.3, 0.4) is 0 Å². The predicted octanol–water partition coefficient (Wildman–Crippen LogP) is 2.48. The van der Waals surface area contributed by atoms with Crippen LogP contribution >= 0.6 is 11.3 Å². The van der Waals surface area contributed by atoms with E-state index in [-0.39, 0.29) is 0 Å². The van der Waals surface area contributed by atoms with Gasteiger partial charge in [-0.2, -0.15) is 4.52 Å². The molecule has 0 radical (unpaired) electrons. The minimum Gasteiger partial charge on any atom is -0.355 e. The van der Waals surface area contributed by atoms with Crippen molar-refractivity contribution in [1.29, 1.82) is 0 Å². The first-order valence-electron chi connectivity index (χ1n) is 9.37. The third-order valence-electron chi connectivity index (χ3n) is 5.46. The van der Waals surface area contributed by atoms with Crippen LogP contribution in [0, 0.1) is 6.92 Å². The van der Waals surface area contributed by atoms with Gasteiger partial charge >= 0.3 is 0 Å². The molecule has 0 aromatic carbocycles. The van der Waals surface area contributed by atoms with E-state index in [4.69, 9.17) is 5.10 Å². The summed E-state index contributed by atoms with van der Waals surface area (Å²) in [6.45, 7) is 7.37. The number of anilines is 1. The molecular formula is C18H23N7S. The van der Waals surface area contributed by atoms with E-state index in [2.05, 4.69) is 43.4 Å². The van der Waals surface area contributed by atoms with Crippen LogP contribution in [0.4, 0.5) is 5.82 Å². The van der Waals surface area contributed by atoms with Gasteiger partial charge in [-0.3, -0.25) is 4.90 Å². The highest BCUT2D eigenvalue weighted by atomic mass is 32.1. The standard InChI is InChI=1S/C18H23N7S/c1-13-19-15(12-26-13)11-23-9-5-14(6-10-23)18-21-20-16-3-4-17(22-25(16)18)24-7-2-8-24/h3-4,12,14H,2,5-11H2,1H3. The fraction of sp³-hybridized carbons (Fsp3) is 0.556. The van der Waals surface area contributed by atoms with Crippen molar-refractivity contribution in [1.82, 2.24) is 29.7 Å². The van der Waals surface area contributed by atoms with Crippen LogP contribution in [-0.4, -0.2) is 55.9 Å². The molecule has 26 heavy (non-hydrogen) atoms. The third kappa shape index (κ3) is 2.97. The Bertz CT molecular complexity index is 905. The van der Waals surface area contributed by atoms with Crippen molar-refractivity contribution >= 4 is 22.8 Å². The van der Waals surface area contributed by atoms with Gasteiger partial charge in [0, 0.05) is 30.9 Å². The molecule has 8 heteroatoms. The molecule has 5 rings (SSSR count). The maximum absolute atomic E-state index is 4.82. The Balaban J connectivity index is 1.30. The van der Waals surface area contributed by atoms with Crippen molar-refractivity contribution in [2.24, 2.45) is 0 Å². The molecule has 0 aliphatic carbocycles. The van der Waals surface area contributed by atoms with Crippen LogP contribution in [0.25, 0.3) is 5.65 Å². The van der Waals surface area contributed by atoms with Gasteiger partial charge < -0.3 is 4.90 Å². The summed E-state index contributed by atoms with van der Waals surface area (Å²) in [5.74, 6) is 2.49. The average molecular weight is 369 g/mol. The quantitative estimate of drug-likeness (QED) is 0.704. The second kappa shape index (κ2) is 6.59. The molecule has 2 saturated heterocycles. The summed E-state index contributed by atoms with van der Waals surface area (Å²) in [7, 11) is 0. The molecule has 0 amide bonds. The summed E-state index contributed by atoms with van der Waals surface area (Å²) >= 11 is 1.73. The Kier molecular flexibility index (Phi) is 4.09. The largest absolute Gasteiger partial charge is 0.355 e. The molecule has 3 aromatic rings. The zero-order valence-corrected chi connectivity index (χ0v) is 15.8. The summed E-state index contributed by atoms with van der Waals surface area (Å²) < 4.78 is 1.97. The van der Waals surface area contributed by atoms with Crippen molar-refractivity contribution in [3.8, 4) is 0 Å². The van der Waals surface area contributed by atoms with Crippen molar-refractivity contribution < 1.29 is 0 Å². The number of piperidine rings is 1. The minimum atomic E-state index is 0.428. The van der Waals surface area contributed by atoms with Gasteiger partial charge in [0.05, 0.1) is 10.7 Å². The number of hydrogen-bond donors (Lipinski definition) is 0. The summed E-state index contributed by atoms with van der Waals surface area (Å²) in [6, 6.07) is 4.10. The Hall–Kier alpha value is -2.06. The fourth-order valence-corrected chi connectivity index (χ4v) is 4.43. The lowest BCUT2D eigenvalue weighted by atomic mass is 9.96. The molecule has 0 bridgehead atoms. The molecule has 0 spiro atoms. The second-order valence-electron chi connectivity index (χ2n) is 7.27. The number of hydrogen-bond acceptors (Lipinski definition) is 7. The number of thiazole rings is 1. The Morgan fingerprint density at radius 3 is 2.65 bits per heavy atom. The molecule has 2 aliphatic rings. The molecule has 3 aromatic heterocycles. The van der Waals surface area contributed by atoms with Crippen molar-refractivity contribution in [3.63, 3.8) is 0 Å². The van der Waals surface area contributed by atoms with Crippen LogP contribution in [0.1, 0.15) is 41.7 Å². The Morgan fingerprint density at radius 1 is 1.12 bits per heavy atom. The summed E-state index contributed by atoms with van der Waals surface area (Å²) in [5.41, 5.74) is 2.05. The van der Waals surface area contributed by atoms with Crippen LogP contribution in [0.5, 0.6) is 0 Å². The lowest BCUT2D eigenvalue weighted by molar-refractivity contribution is 0.199. The van der Waals surface area contributed by atoms with Crippen LogP contribution in [-0.2, 0) is 6.54 Å². The van der Waals surface area contributed by atoms with Gasteiger partial charge in [-0.1, -0.05) is 0 Å². The summed E-state index contributed by atoms with van der Waals surface area (Å²) in [6.07, 6.45) is 3.45. The molecule has 0 saturated carbocycles. The molecule has 0 atom stereocenters. The SMILES string of the molecule is Cc1nc(CN2CCC(c3nnc4ccc(N5CCC5)nn34)CC2)cs1. The molecule has 2 aliphatic heterocycles. The molecule has 5 heterocycles. The highest BCUT2D eigenvalue weighted by Crippen LogP contribution is 2.28. The first kappa shape index (κ1) is 16.1. The monoisotopic (exact) mass is 369 g/mol. The number of aromatic nitrogens is 5. The van der Waals surface area contributed by atoms with Crippen LogP contribution in [0.15, 0.2) is 17.5 Å². The van der Waals surface area contributed by atoms with Gasteiger partial charge in [-0.25, -0.2) is 4.98 Å². The zero-order chi connectivity index (χ0) is 17.5. The van der Waals surface area contributed by atoms with E-state index in [0.29, 0.717) is 5.92 Å². The van der Waals surface area contributed by atoms with E-state index in [1.165, 1.54) is 12.1 Å². The van der Waals surface area contributed by atoms with Gasteiger partial charge in [0.15, 0.2) is 11.5 Å². The lowest BCUT2D eigenvalue weighted by Gasteiger charge is -2.32. The highest BCUT2D eigenvalue weighted by molar-refractivity contribution is 7.09. The van der Waals surface area contributed by atoms with Gasteiger partial charge in [0.1, 0.15) is 5.82 Å². The lowest BCUT2D eigenvalue weighted by Crippen LogP contribution is -2.38. The Morgan fingerprint density at radius 2 is 1.96 bits per heavy atom. The van der Waals surface area contributed by atoms with Crippen LogP contribution < -0.4 is 4.90 Å². The normalized spacial score (nSPS) is 19.2. The van der Waals surface area contributed by atoms with E-state index in [9.17, 15) is 0 Å². The van der Waals surface area contributed by atoms with Gasteiger partial charge in [-0.15, -0.1) is 26.6 Å². The maximum atomic E-state index is 4.82. The smallest absolute Gasteiger partial charge is 0.178 e. The molecule has 2 fully saturated rings. The number of likely N-dealkylation sites (tertiary alicyclic amines) is 1. The average Bonchev–Trinajstić information content (AvgIpc) is 3.20. The summed E-state index contributed by atoms with van der Waals surface area (Å²) in [4.78, 5) is 9.39. The van der Waals surface area contributed by atoms with Crippen molar-refractivity contribution in [3.05, 3.63) is 34.0 Å². The predicted molar refractivity (Wildman–Crippen MR) is 102 cm³/mol. The first-order valence-corrected chi connectivity index (χ1v) is 10.2. The van der Waals surface area contributed by atoms with Gasteiger partial charge in [-0.05, 0) is 51.4 Å². The van der Waals surface area contributed by atoms with Crippen molar-refractivity contribution in [2.75, 3.05) is 31.1 Å². The number of fused-ring (bicyclic) bond motifs is 1. The van der Waals surface area contributed by atoms with E-state index in [1.807, 2.05) is 10.6 Å². The van der Waals surface area contributed by atoms with Gasteiger partial charge in [0.2, 0.25) is 0 Å². The van der Waals surface area contributed by atoms with Crippen LogP contribution in [0.2, 0.25) is 0 Å². The second-order valence-corrected chi connectivity index (χ2v) is 8.33. The minimum absolute atomic E-state index is 0.428. The van der Waals surface area contributed by atoms with E-state index in [0.717, 1.165) is 67.9 Å².